The number of halogens is 1. The minimum Gasteiger partial charge on any atom is -0.359 e. The van der Waals surface area contributed by atoms with E-state index < -0.39 is 0 Å². The van der Waals surface area contributed by atoms with Crippen LogP contribution in [0.2, 0.25) is 5.02 Å². The van der Waals surface area contributed by atoms with Crippen LogP contribution in [0.25, 0.3) is 0 Å². The number of rotatable bonds is 5. The van der Waals surface area contributed by atoms with Gasteiger partial charge in [0.15, 0.2) is 6.54 Å². The quantitative estimate of drug-likeness (QED) is 0.854. The normalized spacial score (nSPS) is 17.6. The van der Waals surface area contributed by atoms with Crippen LogP contribution in [0, 0.1) is 5.92 Å². The maximum Gasteiger partial charge on any atom is 0.275 e. The standard InChI is InChI=1S/C17H26ClN3O/c1-13(2)14(3)19-17(22)12-20-8-10-21(11-9-20)16-7-5-4-6-15(16)18/h4-7,13-14H,8-12H2,1-3H3,(H,19,22)/p+1/t14-/m0/s1. The molecule has 0 spiro atoms. The molecule has 0 saturated carbocycles. The van der Waals surface area contributed by atoms with Crippen LogP contribution in [0.1, 0.15) is 20.8 Å². The Morgan fingerprint density at radius 2 is 1.91 bits per heavy atom. The van der Waals surface area contributed by atoms with Gasteiger partial charge in [0.25, 0.3) is 5.91 Å². The zero-order valence-corrected chi connectivity index (χ0v) is 14.5. The number of hydrogen-bond acceptors (Lipinski definition) is 2. The number of para-hydroxylation sites is 1. The van der Waals surface area contributed by atoms with Crippen molar-refractivity contribution in [2.75, 3.05) is 37.6 Å². The van der Waals surface area contributed by atoms with Crippen LogP contribution in [0.5, 0.6) is 0 Å². The Balaban J connectivity index is 1.80. The van der Waals surface area contributed by atoms with Gasteiger partial charge in [-0.25, -0.2) is 0 Å². The Bertz CT molecular complexity index is 498. The highest BCUT2D eigenvalue weighted by Crippen LogP contribution is 2.24. The largest absolute Gasteiger partial charge is 0.359 e. The van der Waals surface area contributed by atoms with Gasteiger partial charge in [0, 0.05) is 6.04 Å². The fraction of sp³-hybridized carbons (Fsp3) is 0.588. The van der Waals surface area contributed by atoms with E-state index in [1.54, 1.807) is 0 Å². The molecule has 22 heavy (non-hydrogen) atoms. The Morgan fingerprint density at radius 1 is 1.27 bits per heavy atom. The number of benzene rings is 1. The Labute approximate surface area is 138 Å². The number of carbonyl (C=O) groups is 1. The number of nitrogens with zero attached hydrogens (tertiary/aromatic N) is 1. The fourth-order valence-corrected chi connectivity index (χ4v) is 2.90. The molecular formula is C17H27ClN3O+. The van der Waals surface area contributed by atoms with Gasteiger partial charge in [-0.1, -0.05) is 37.6 Å². The highest BCUT2D eigenvalue weighted by molar-refractivity contribution is 6.33. The van der Waals surface area contributed by atoms with E-state index in [1.807, 2.05) is 18.2 Å². The molecule has 5 heteroatoms. The topological polar surface area (TPSA) is 36.8 Å². The first-order valence-corrected chi connectivity index (χ1v) is 8.47. The zero-order chi connectivity index (χ0) is 16.1. The molecule has 2 N–H and O–H groups in total. The van der Waals surface area contributed by atoms with Crippen LogP contribution in [0.3, 0.4) is 0 Å². The number of quaternary nitrogens is 1. The number of anilines is 1. The molecule has 4 nitrogen and oxygen atoms in total. The van der Waals surface area contributed by atoms with E-state index in [0.29, 0.717) is 12.5 Å². The summed E-state index contributed by atoms with van der Waals surface area (Å²) in [4.78, 5) is 15.7. The molecule has 1 atom stereocenters. The number of carbonyl (C=O) groups excluding carboxylic acids is 1. The summed E-state index contributed by atoms with van der Waals surface area (Å²) in [6, 6.07) is 8.19. The minimum absolute atomic E-state index is 0.155. The maximum absolute atomic E-state index is 12.1. The molecule has 0 aliphatic carbocycles. The third-order valence-corrected chi connectivity index (χ3v) is 4.78. The molecular weight excluding hydrogens is 298 g/mol. The van der Waals surface area contributed by atoms with Crippen molar-refractivity contribution in [2.45, 2.75) is 26.8 Å². The number of piperazine rings is 1. The van der Waals surface area contributed by atoms with Gasteiger partial charge in [0.05, 0.1) is 36.9 Å². The van der Waals surface area contributed by atoms with Gasteiger partial charge in [0.2, 0.25) is 0 Å². The predicted octanol–water partition coefficient (Wildman–Crippen LogP) is 1.21. The van der Waals surface area contributed by atoms with Crippen molar-refractivity contribution >= 4 is 23.2 Å². The summed E-state index contributed by atoms with van der Waals surface area (Å²) in [7, 11) is 0. The van der Waals surface area contributed by atoms with Crippen molar-refractivity contribution < 1.29 is 9.69 Å². The van der Waals surface area contributed by atoms with E-state index in [9.17, 15) is 4.79 Å². The lowest BCUT2D eigenvalue weighted by Crippen LogP contribution is -3.16. The van der Waals surface area contributed by atoms with Gasteiger partial charge in [-0.05, 0) is 25.0 Å². The van der Waals surface area contributed by atoms with E-state index in [-0.39, 0.29) is 11.9 Å². The van der Waals surface area contributed by atoms with Crippen LogP contribution in [-0.2, 0) is 4.79 Å². The van der Waals surface area contributed by atoms with Crippen molar-refractivity contribution in [3.8, 4) is 0 Å². The number of nitrogens with one attached hydrogen (secondary N) is 2. The van der Waals surface area contributed by atoms with Crippen molar-refractivity contribution in [1.82, 2.24) is 5.32 Å². The van der Waals surface area contributed by atoms with Gasteiger partial charge in [0.1, 0.15) is 0 Å². The van der Waals surface area contributed by atoms with Gasteiger partial charge >= 0.3 is 0 Å². The highest BCUT2D eigenvalue weighted by atomic mass is 35.5. The summed E-state index contributed by atoms with van der Waals surface area (Å²) in [5, 5.41) is 3.88. The third kappa shape index (κ3) is 4.62. The van der Waals surface area contributed by atoms with Crippen LogP contribution in [0.4, 0.5) is 5.69 Å². The molecule has 2 rings (SSSR count). The first kappa shape index (κ1) is 17.1. The highest BCUT2D eigenvalue weighted by Gasteiger charge is 2.24. The molecule has 0 radical (unpaired) electrons. The van der Waals surface area contributed by atoms with Crippen molar-refractivity contribution in [2.24, 2.45) is 5.92 Å². The predicted molar refractivity (Wildman–Crippen MR) is 91.7 cm³/mol. The maximum atomic E-state index is 12.1. The SMILES string of the molecule is CC(C)[C@H](C)NC(=O)C[NH+]1CCN(c2ccccc2Cl)CC1. The Hall–Kier alpha value is -1.26. The van der Waals surface area contributed by atoms with E-state index in [2.05, 4.69) is 37.1 Å². The summed E-state index contributed by atoms with van der Waals surface area (Å²) in [6.45, 7) is 10.7. The average Bonchev–Trinajstić information content (AvgIpc) is 2.48. The number of amides is 1. The first-order valence-electron chi connectivity index (χ1n) is 8.09. The average molecular weight is 325 g/mol. The third-order valence-electron chi connectivity index (χ3n) is 4.46. The lowest BCUT2D eigenvalue weighted by atomic mass is 10.1. The Kier molecular flexibility index (Phi) is 6.09. The first-order chi connectivity index (χ1) is 10.5. The zero-order valence-electron chi connectivity index (χ0n) is 13.7. The van der Waals surface area contributed by atoms with Crippen molar-refractivity contribution in [3.63, 3.8) is 0 Å². The molecule has 0 aromatic heterocycles. The molecule has 1 aliphatic rings. The lowest BCUT2D eigenvalue weighted by Gasteiger charge is -2.34. The second-order valence-corrected chi connectivity index (χ2v) is 6.87. The molecule has 122 valence electrons. The smallest absolute Gasteiger partial charge is 0.275 e. The summed E-state index contributed by atoms with van der Waals surface area (Å²) < 4.78 is 0. The fourth-order valence-electron chi connectivity index (χ4n) is 2.65. The van der Waals surface area contributed by atoms with E-state index in [1.165, 1.54) is 4.90 Å². The lowest BCUT2D eigenvalue weighted by molar-refractivity contribution is -0.892. The summed E-state index contributed by atoms with van der Waals surface area (Å²) >= 11 is 6.25. The second-order valence-electron chi connectivity index (χ2n) is 6.47. The summed E-state index contributed by atoms with van der Waals surface area (Å²) in [5.41, 5.74) is 1.10. The summed E-state index contributed by atoms with van der Waals surface area (Å²) in [6.07, 6.45) is 0. The molecule has 1 saturated heterocycles. The number of hydrogen-bond donors (Lipinski definition) is 2. The Morgan fingerprint density at radius 3 is 2.50 bits per heavy atom. The van der Waals surface area contributed by atoms with Crippen molar-refractivity contribution in [1.29, 1.82) is 0 Å². The molecule has 1 aromatic carbocycles. The minimum atomic E-state index is 0.155. The van der Waals surface area contributed by atoms with E-state index >= 15 is 0 Å². The van der Waals surface area contributed by atoms with Crippen LogP contribution < -0.4 is 15.1 Å². The van der Waals surface area contributed by atoms with Crippen LogP contribution >= 0.6 is 11.6 Å². The van der Waals surface area contributed by atoms with E-state index in [4.69, 9.17) is 11.6 Å². The molecule has 0 bridgehead atoms. The molecule has 1 aromatic rings. The van der Waals surface area contributed by atoms with Crippen LogP contribution in [0.15, 0.2) is 24.3 Å². The molecule has 1 fully saturated rings. The summed E-state index contributed by atoms with van der Waals surface area (Å²) in [5.74, 6) is 0.624. The second kappa shape index (κ2) is 7.84. The molecule has 1 aliphatic heterocycles. The van der Waals surface area contributed by atoms with Gasteiger partial charge in [-0.2, -0.15) is 0 Å². The van der Waals surface area contributed by atoms with Gasteiger partial charge in [-0.15, -0.1) is 0 Å². The molecule has 0 unspecified atom stereocenters. The van der Waals surface area contributed by atoms with Crippen molar-refractivity contribution in [3.05, 3.63) is 29.3 Å². The monoisotopic (exact) mass is 324 g/mol. The molecule has 1 heterocycles. The molecule has 1 amide bonds. The van der Waals surface area contributed by atoms with Crippen LogP contribution in [-0.4, -0.2) is 44.7 Å². The van der Waals surface area contributed by atoms with Gasteiger partial charge < -0.3 is 15.1 Å². The van der Waals surface area contributed by atoms with E-state index in [0.717, 1.165) is 36.9 Å². The van der Waals surface area contributed by atoms with Gasteiger partial charge in [-0.3, -0.25) is 4.79 Å².